The van der Waals surface area contributed by atoms with Crippen molar-refractivity contribution in [1.29, 1.82) is 0 Å². The number of benzene rings is 1. The Morgan fingerprint density at radius 1 is 1.33 bits per heavy atom. The fourth-order valence-corrected chi connectivity index (χ4v) is 1.50. The highest BCUT2D eigenvalue weighted by atomic mass is 16.6. The van der Waals surface area contributed by atoms with Gasteiger partial charge in [0.2, 0.25) is 0 Å². The van der Waals surface area contributed by atoms with Gasteiger partial charge in [-0.15, -0.1) is 0 Å². The van der Waals surface area contributed by atoms with Gasteiger partial charge in [0.05, 0.1) is 6.67 Å². The second kappa shape index (κ2) is 4.37. The van der Waals surface area contributed by atoms with Gasteiger partial charge in [-0.05, 0) is 12.1 Å². The van der Waals surface area contributed by atoms with Crippen LogP contribution in [-0.4, -0.2) is 26.9 Å². The van der Waals surface area contributed by atoms with E-state index in [9.17, 15) is 0 Å². The second-order valence-electron chi connectivity index (χ2n) is 3.39. The van der Waals surface area contributed by atoms with Crippen LogP contribution in [0.15, 0.2) is 18.2 Å². The van der Waals surface area contributed by atoms with Crippen molar-refractivity contribution in [2.75, 3.05) is 31.8 Å². The van der Waals surface area contributed by atoms with Crippen LogP contribution in [0, 0.1) is 0 Å². The minimum absolute atomic E-state index is 0.583. The Balaban J connectivity index is 2.20. The summed E-state index contributed by atoms with van der Waals surface area (Å²) in [4.78, 5) is 1.98. The van der Waals surface area contributed by atoms with Crippen molar-refractivity contribution >= 4 is 5.69 Å². The molecule has 1 aliphatic rings. The topological polar surface area (TPSA) is 59.8 Å². The number of hydrogen-bond donors (Lipinski definition) is 2. The Kier molecular flexibility index (Phi) is 2.94. The van der Waals surface area contributed by atoms with Crippen molar-refractivity contribution in [3.63, 3.8) is 0 Å². The van der Waals surface area contributed by atoms with E-state index in [1.165, 1.54) is 0 Å². The monoisotopic (exact) mass is 209 g/mol. The first kappa shape index (κ1) is 10.1. The van der Waals surface area contributed by atoms with Crippen molar-refractivity contribution in [2.24, 2.45) is 5.84 Å². The lowest BCUT2D eigenvalue weighted by Gasteiger charge is -2.23. The molecule has 0 spiro atoms. The van der Waals surface area contributed by atoms with Gasteiger partial charge < -0.3 is 14.4 Å². The zero-order valence-electron chi connectivity index (χ0n) is 8.69. The molecule has 5 nitrogen and oxygen atoms in total. The largest absolute Gasteiger partial charge is 0.486 e. The van der Waals surface area contributed by atoms with E-state index in [1.54, 1.807) is 0 Å². The summed E-state index contributed by atoms with van der Waals surface area (Å²) < 4.78 is 10.9. The molecule has 0 saturated heterocycles. The van der Waals surface area contributed by atoms with Gasteiger partial charge in [-0.1, -0.05) is 0 Å². The predicted octanol–water partition coefficient (Wildman–Crippen LogP) is 0.315. The molecule has 0 aromatic heterocycles. The third-order valence-corrected chi connectivity index (χ3v) is 2.29. The lowest BCUT2D eigenvalue weighted by Crippen LogP contribution is -2.35. The standard InChI is InChI=1S/C10H15N3O2/c1-13(7-12-11)8-2-3-9-10(6-8)15-5-4-14-9/h2-3,6,12H,4-5,7,11H2,1H3. The van der Waals surface area contributed by atoms with E-state index in [0.717, 1.165) is 17.2 Å². The third kappa shape index (κ3) is 2.14. The molecule has 1 aromatic rings. The summed E-state index contributed by atoms with van der Waals surface area (Å²) in [5.41, 5.74) is 3.64. The lowest BCUT2D eigenvalue weighted by atomic mass is 10.2. The molecule has 0 atom stereocenters. The van der Waals surface area contributed by atoms with Crippen LogP contribution < -0.4 is 25.6 Å². The Morgan fingerprint density at radius 2 is 2.07 bits per heavy atom. The fraction of sp³-hybridized carbons (Fsp3) is 0.400. The molecule has 0 fully saturated rings. The van der Waals surface area contributed by atoms with Gasteiger partial charge in [-0.25, -0.2) is 5.43 Å². The van der Waals surface area contributed by atoms with Crippen LogP contribution in [0.1, 0.15) is 0 Å². The van der Waals surface area contributed by atoms with Crippen molar-refractivity contribution in [3.05, 3.63) is 18.2 Å². The van der Waals surface area contributed by atoms with E-state index in [2.05, 4.69) is 5.43 Å². The zero-order valence-corrected chi connectivity index (χ0v) is 8.69. The predicted molar refractivity (Wildman–Crippen MR) is 58.0 cm³/mol. The molecule has 1 aromatic carbocycles. The van der Waals surface area contributed by atoms with Crippen LogP contribution in [0.2, 0.25) is 0 Å². The second-order valence-corrected chi connectivity index (χ2v) is 3.39. The number of fused-ring (bicyclic) bond motifs is 1. The maximum Gasteiger partial charge on any atom is 0.163 e. The summed E-state index contributed by atoms with van der Waals surface area (Å²) in [6, 6.07) is 5.84. The molecule has 82 valence electrons. The van der Waals surface area contributed by atoms with Crippen LogP contribution in [-0.2, 0) is 0 Å². The van der Waals surface area contributed by atoms with E-state index >= 15 is 0 Å². The van der Waals surface area contributed by atoms with Crippen LogP contribution in [0.25, 0.3) is 0 Å². The molecule has 0 aliphatic carbocycles. The fourth-order valence-electron chi connectivity index (χ4n) is 1.50. The maximum absolute atomic E-state index is 5.49. The molecule has 0 amide bonds. The summed E-state index contributed by atoms with van der Waals surface area (Å²) in [5.74, 6) is 6.86. The molecule has 1 heterocycles. The quantitative estimate of drug-likeness (QED) is 0.426. The smallest absolute Gasteiger partial charge is 0.163 e. The number of nitrogens with one attached hydrogen (secondary N) is 1. The maximum atomic E-state index is 5.49. The minimum Gasteiger partial charge on any atom is -0.486 e. The van der Waals surface area contributed by atoms with Crippen LogP contribution >= 0.6 is 0 Å². The molecule has 15 heavy (non-hydrogen) atoms. The average molecular weight is 209 g/mol. The highest BCUT2D eigenvalue weighted by Gasteiger charge is 2.12. The molecular formula is C10H15N3O2. The third-order valence-electron chi connectivity index (χ3n) is 2.29. The Hall–Kier alpha value is -1.46. The molecule has 1 aliphatic heterocycles. The van der Waals surface area contributed by atoms with Crippen molar-refractivity contribution in [2.45, 2.75) is 0 Å². The first-order valence-corrected chi connectivity index (χ1v) is 4.85. The van der Waals surface area contributed by atoms with Crippen molar-refractivity contribution < 1.29 is 9.47 Å². The summed E-state index contributed by atoms with van der Waals surface area (Å²) in [6.07, 6.45) is 0. The lowest BCUT2D eigenvalue weighted by molar-refractivity contribution is 0.171. The minimum atomic E-state index is 0.583. The molecule has 0 radical (unpaired) electrons. The van der Waals surface area contributed by atoms with Gasteiger partial charge in [-0.3, -0.25) is 5.84 Å². The first-order valence-electron chi connectivity index (χ1n) is 4.85. The molecular weight excluding hydrogens is 194 g/mol. The van der Waals surface area contributed by atoms with E-state index in [0.29, 0.717) is 19.9 Å². The number of nitrogens with zero attached hydrogens (tertiary/aromatic N) is 1. The van der Waals surface area contributed by atoms with E-state index < -0.39 is 0 Å². The van der Waals surface area contributed by atoms with Crippen LogP contribution in [0.4, 0.5) is 5.69 Å². The number of hydrazine groups is 1. The molecule has 2 rings (SSSR count). The van der Waals surface area contributed by atoms with E-state index in [-0.39, 0.29) is 0 Å². The van der Waals surface area contributed by atoms with Gasteiger partial charge in [0.25, 0.3) is 0 Å². The number of anilines is 1. The van der Waals surface area contributed by atoms with Crippen LogP contribution in [0.5, 0.6) is 11.5 Å². The zero-order chi connectivity index (χ0) is 10.7. The molecule has 0 unspecified atom stereocenters. The molecule has 0 bridgehead atoms. The number of ether oxygens (including phenoxy) is 2. The Labute approximate surface area is 88.7 Å². The highest BCUT2D eigenvalue weighted by Crippen LogP contribution is 2.33. The van der Waals surface area contributed by atoms with Gasteiger partial charge in [0, 0.05) is 18.8 Å². The average Bonchev–Trinajstić information content (AvgIpc) is 2.29. The molecule has 5 heteroatoms. The summed E-state index contributed by atoms with van der Waals surface area (Å²) in [6.45, 7) is 1.81. The van der Waals surface area contributed by atoms with Gasteiger partial charge in [0.1, 0.15) is 13.2 Å². The molecule has 0 saturated carbocycles. The van der Waals surface area contributed by atoms with Gasteiger partial charge in [0.15, 0.2) is 11.5 Å². The number of hydrogen-bond acceptors (Lipinski definition) is 5. The summed E-state index contributed by atoms with van der Waals surface area (Å²) in [5, 5.41) is 0. The summed E-state index contributed by atoms with van der Waals surface area (Å²) in [7, 11) is 1.95. The normalized spacial score (nSPS) is 13.7. The summed E-state index contributed by atoms with van der Waals surface area (Å²) >= 11 is 0. The highest BCUT2D eigenvalue weighted by molar-refractivity contribution is 5.56. The Morgan fingerprint density at radius 3 is 2.80 bits per heavy atom. The van der Waals surface area contributed by atoms with Crippen molar-refractivity contribution in [3.8, 4) is 11.5 Å². The van der Waals surface area contributed by atoms with Gasteiger partial charge in [-0.2, -0.15) is 0 Å². The SMILES string of the molecule is CN(CNN)c1ccc2c(c1)OCCO2. The number of rotatable bonds is 3. The number of nitrogens with two attached hydrogens (primary N) is 1. The molecule has 3 N–H and O–H groups in total. The van der Waals surface area contributed by atoms with Gasteiger partial charge >= 0.3 is 0 Å². The van der Waals surface area contributed by atoms with E-state index in [4.69, 9.17) is 15.3 Å². The van der Waals surface area contributed by atoms with Crippen LogP contribution in [0.3, 0.4) is 0 Å². The Bertz CT molecular complexity index is 343. The first-order chi connectivity index (χ1) is 7.31. The van der Waals surface area contributed by atoms with Crippen molar-refractivity contribution in [1.82, 2.24) is 5.43 Å². The van der Waals surface area contributed by atoms with E-state index in [1.807, 2.05) is 30.1 Å².